The highest BCUT2D eigenvalue weighted by atomic mass is 32.1. The van der Waals surface area contributed by atoms with Crippen molar-refractivity contribution in [3.05, 3.63) is 64.2 Å². The summed E-state index contributed by atoms with van der Waals surface area (Å²) in [6.45, 7) is 2.78. The molecule has 1 amide bonds. The lowest BCUT2D eigenvalue weighted by atomic mass is 10.2. The van der Waals surface area contributed by atoms with Crippen LogP contribution in [-0.4, -0.2) is 20.7 Å². The largest absolute Gasteiger partial charge is 0.304 e. The molecule has 0 radical (unpaired) electrons. The van der Waals surface area contributed by atoms with Crippen molar-refractivity contribution in [2.45, 2.75) is 26.3 Å². The van der Waals surface area contributed by atoms with E-state index in [2.05, 4.69) is 15.4 Å². The van der Waals surface area contributed by atoms with E-state index in [-0.39, 0.29) is 5.91 Å². The molecule has 0 unspecified atom stereocenters. The molecule has 0 aliphatic carbocycles. The van der Waals surface area contributed by atoms with Crippen LogP contribution in [0.4, 0.5) is 5.82 Å². The molecule has 0 saturated carbocycles. The van der Waals surface area contributed by atoms with Gasteiger partial charge in [-0.05, 0) is 35.6 Å². The lowest BCUT2D eigenvalue weighted by Gasteiger charge is -2.03. The smallest absolute Gasteiger partial charge is 0.267 e. The summed E-state index contributed by atoms with van der Waals surface area (Å²) in [5.74, 6) is 0.485. The van der Waals surface area contributed by atoms with Gasteiger partial charge in [0.2, 0.25) is 0 Å². The maximum atomic E-state index is 12.3. The molecule has 3 aromatic rings. The quantitative estimate of drug-likeness (QED) is 0.755. The zero-order valence-corrected chi connectivity index (χ0v) is 13.7. The number of rotatable bonds is 6. The van der Waals surface area contributed by atoms with Gasteiger partial charge in [0.1, 0.15) is 0 Å². The Morgan fingerprint density at radius 2 is 2.22 bits per heavy atom. The molecule has 0 aliphatic heterocycles. The summed E-state index contributed by atoms with van der Waals surface area (Å²) in [6.07, 6.45) is 5.32. The van der Waals surface area contributed by atoms with E-state index in [0.29, 0.717) is 5.82 Å². The van der Waals surface area contributed by atoms with Crippen molar-refractivity contribution in [2.75, 3.05) is 5.32 Å². The van der Waals surface area contributed by atoms with E-state index in [1.807, 2.05) is 53.5 Å². The predicted octanol–water partition coefficient (Wildman–Crippen LogP) is 3.40. The number of amides is 1. The van der Waals surface area contributed by atoms with Gasteiger partial charge < -0.3 is 5.32 Å². The van der Waals surface area contributed by atoms with Gasteiger partial charge in [-0.3, -0.25) is 14.5 Å². The van der Waals surface area contributed by atoms with Gasteiger partial charge in [-0.15, -0.1) is 11.3 Å². The van der Waals surface area contributed by atoms with Gasteiger partial charge in [-0.25, -0.2) is 0 Å². The number of hydrogen-bond donors (Lipinski definition) is 1. The number of aromatic nitrogens is 3. The van der Waals surface area contributed by atoms with Crippen molar-refractivity contribution in [1.29, 1.82) is 0 Å². The minimum atomic E-state index is -0.0909. The number of pyridine rings is 1. The fourth-order valence-corrected chi connectivity index (χ4v) is 3.20. The summed E-state index contributed by atoms with van der Waals surface area (Å²) >= 11 is 1.46. The van der Waals surface area contributed by atoms with E-state index in [0.717, 1.165) is 35.5 Å². The summed E-state index contributed by atoms with van der Waals surface area (Å²) in [7, 11) is 0. The Morgan fingerprint density at radius 3 is 3.00 bits per heavy atom. The highest BCUT2D eigenvalue weighted by Crippen LogP contribution is 2.18. The number of anilines is 1. The molecule has 0 aliphatic rings. The van der Waals surface area contributed by atoms with Crippen LogP contribution < -0.4 is 5.32 Å². The molecule has 118 valence electrons. The van der Waals surface area contributed by atoms with E-state index >= 15 is 0 Å². The average molecular weight is 326 g/mol. The summed E-state index contributed by atoms with van der Waals surface area (Å²) in [4.78, 5) is 17.3. The standard InChI is InChI=1S/C17H18N4OS/c1-2-13-8-12-23-16(13)17(22)19-15-7-11-21(20-15)10-6-14-5-3-4-9-18-14/h3-5,7-9,11-12H,2,6,10H2,1H3,(H,19,20,22). The molecule has 0 saturated heterocycles. The fourth-order valence-electron chi connectivity index (χ4n) is 2.31. The van der Waals surface area contributed by atoms with Gasteiger partial charge in [0.25, 0.3) is 5.91 Å². The van der Waals surface area contributed by atoms with Crippen LogP contribution in [0.3, 0.4) is 0 Å². The Hall–Kier alpha value is -2.47. The van der Waals surface area contributed by atoms with Crippen LogP contribution in [0.2, 0.25) is 0 Å². The third-order valence-corrected chi connectivity index (χ3v) is 4.49. The van der Waals surface area contributed by atoms with Crippen molar-refractivity contribution in [3.63, 3.8) is 0 Å². The maximum Gasteiger partial charge on any atom is 0.267 e. The van der Waals surface area contributed by atoms with E-state index in [1.165, 1.54) is 11.3 Å². The Kier molecular flexibility index (Phi) is 4.83. The van der Waals surface area contributed by atoms with Gasteiger partial charge in [0.15, 0.2) is 5.82 Å². The van der Waals surface area contributed by atoms with Gasteiger partial charge in [0, 0.05) is 37.1 Å². The zero-order valence-electron chi connectivity index (χ0n) is 12.9. The molecular weight excluding hydrogens is 308 g/mol. The first-order valence-electron chi connectivity index (χ1n) is 7.57. The molecule has 0 atom stereocenters. The number of carbonyl (C=O) groups is 1. The molecule has 23 heavy (non-hydrogen) atoms. The van der Waals surface area contributed by atoms with Gasteiger partial charge in [-0.1, -0.05) is 13.0 Å². The first kappa shape index (κ1) is 15.4. The molecular formula is C17H18N4OS. The zero-order chi connectivity index (χ0) is 16.1. The number of hydrogen-bond acceptors (Lipinski definition) is 4. The number of nitrogens with one attached hydrogen (secondary N) is 1. The Bertz CT molecular complexity index is 779. The molecule has 0 aromatic carbocycles. The topological polar surface area (TPSA) is 59.8 Å². The third kappa shape index (κ3) is 3.84. The monoisotopic (exact) mass is 326 g/mol. The van der Waals surface area contributed by atoms with Crippen molar-refractivity contribution in [1.82, 2.24) is 14.8 Å². The summed E-state index contributed by atoms with van der Waals surface area (Å²) in [6, 6.07) is 9.68. The highest BCUT2D eigenvalue weighted by molar-refractivity contribution is 7.12. The number of nitrogens with zero attached hydrogens (tertiary/aromatic N) is 3. The molecule has 3 rings (SSSR count). The average Bonchev–Trinajstić information content (AvgIpc) is 3.22. The van der Waals surface area contributed by atoms with Crippen LogP contribution in [-0.2, 0) is 19.4 Å². The molecule has 5 nitrogen and oxygen atoms in total. The van der Waals surface area contributed by atoms with Gasteiger partial charge >= 0.3 is 0 Å². The first-order valence-corrected chi connectivity index (χ1v) is 8.45. The molecule has 1 N–H and O–H groups in total. The van der Waals surface area contributed by atoms with E-state index in [1.54, 1.807) is 6.20 Å². The number of thiophene rings is 1. The predicted molar refractivity (Wildman–Crippen MR) is 91.8 cm³/mol. The molecule has 6 heteroatoms. The normalized spacial score (nSPS) is 10.7. The minimum absolute atomic E-state index is 0.0909. The second-order valence-electron chi connectivity index (χ2n) is 5.12. The Balaban J connectivity index is 1.60. The molecule has 3 aromatic heterocycles. The van der Waals surface area contributed by atoms with E-state index < -0.39 is 0 Å². The molecule has 0 spiro atoms. The van der Waals surface area contributed by atoms with E-state index in [4.69, 9.17) is 0 Å². The second kappa shape index (κ2) is 7.19. The lowest BCUT2D eigenvalue weighted by Crippen LogP contribution is -2.13. The summed E-state index contributed by atoms with van der Waals surface area (Å²) in [5.41, 5.74) is 2.10. The SMILES string of the molecule is CCc1ccsc1C(=O)Nc1ccn(CCc2ccccn2)n1. The van der Waals surface area contributed by atoms with Crippen molar-refractivity contribution in [3.8, 4) is 0 Å². The highest BCUT2D eigenvalue weighted by Gasteiger charge is 2.13. The van der Waals surface area contributed by atoms with Crippen LogP contribution in [0.1, 0.15) is 27.9 Å². The Morgan fingerprint density at radius 1 is 1.30 bits per heavy atom. The van der Waals surface area contributed by atoms with E-state index in [9.17, 15) is 4.79 Å². The first-order chi connectivity index (χ1) is 11.3. The Labute approximate surface area is 139 Å². The van der Waals surface area contributed by atoms with Crippen LogP contribution in [0, 0.1) is 0 Å². The number of aryl methyl sites for hydroxylation is 3. The van der Waals surface area contributed by atoms with Gasteiger partial charge in [-0.2, -0.15) is 5.10 Å². The second-order valence-corrected chi connectivity index (χ2v) is 6.03. The van der Waals surface area contributed by atoms with Crippen LogP contribution in [0.5, 0.6) is 0 Å². The third-order valence-electron chi connectivity index (χ3n) is 3.54. The molecule has 0 fully saturated rings. The van der Waals surface area contributed by atoms with Crippen LogP contribution >= 0.6 is 11.3 Å². The van der Waals surface area contributed by atoms with Crippen LogP contribution in [0.25, 0.3) is 0 Å². The van der Waals surface area contributed by atoms with Crippen LogP contribution in [0.15, 0.2) is 48.1 Å². The molecule has 3 heterocycles. The number of carbonyl (C=O) groups excluding carboxylic acids is 1. The van der Waals surface area contributed by atoms with Gasteiger partial charge in [0.05, 0.1) is 4.88 Å². The lowest BCUT2D eigenvalue weighted by molar-refractivity contribution is 0.102. The summed E-state index contributed by atoms with van der Waals surface area (Å²) < 4.78 is 1.82. The van der Waals surface area contributed by atoms with Crippen molar-refractivity contribution >= 4 is 23.1 Å². The summed E-state index contributed by atoms with van der Waals surface area (Å²) in [5, 5.41) is 9.20. The fraction of sp³-hybridized carbons (Fsp3) is 0.235. The van der Waals surface area contributed by atoms with Crippen molar-refractivity contribution < 1.29 is 4.79 Å². The minimum Gasteiger partial charge on any atom is -0.304 e. The maximum absolute atomic E-state index is 12.3. The van der Waals surface area contributed by atoms with Crippen molar-refractivity contribution in [2.24, 2.45) is 0 Å². The molecule has 0 bridgehead atoms.